The topological polar surface area (TPSA) is 108 Å². The second kappa shape index (κ2) is 9.93. The summed E-state index contributed by atoms with van der Waals surface area (Å²) in [6, 6.07) is 0. The van der Waals surface area contributed by atoms with Gasteiger partial charge < -0.3 is 24.1 Å². The number of carbonyl (C=O) groups excluding carboxylic acids is 3. The van der Waals surface area contributed by atoms with Gasteiger partial charge in [-0.05, 0) is 92.6 Å². The fourth-order valence-corrected chi connectivity index (χ4v) is 9.68. The first-order valence-corrected chi connectivity index (χ1v) is 16.5. The van der Waals surface area contributed by atoms with Gasteiger partial charge in [-0.15, -0.1) is 0 Å². The number of benzene rings is 1. The number of fused-ring (bicyclic) bond motifs is 5. The first kappa shape index (κ1) is 31.0. The highest BCUT2D eigenvalue weighted by molar-refractivity contribution is 6.18. The van der Waals surface area contributed by atoms with Crippen LogP contribution in [-0.4, -0.2) is 45.5 Å². The van der Waals surface area contributed by atoms with E-state index in [1.807, 2.05) is 34.6 Å². The summed E-state index contributed by atoms with van der Waals surface area (Å²) in [7, 11) is 0. The van der Waals surface area contributed by atoms with Gasteiger partial charge in [0.25, 0.3) is 6.47 Å². The van der Waals surface area contributed by atoms with Crippen LogP contribution in [0.4, 0.5) is 0 Å². The van der Waals surface area contributed by atoms with Gasteiger partial charge in [-0.3, -0.25) is 14.4 Å². The second-order valence-corrected chi connectivity index (χ2v) is 15.4. The maximum Gasteiger partial charge on any atom is 0.298 e. The van der Waals surface area contributed by atoms with Crippen LogP contribution in [0.15, 0.2) is 47.3 Å². The summed E-state index contributed by atoms with van der Waals surface area (Å²) in [5.41, 5.74) is -0.259. The van der Waals surface area contributed by atoms with Gasteiger partial charge >= 0.3 is 0 Å². The van der Waals surface area contributed by atoms with Crippen LogP contribution >= 0.6 is 0 Å². The van der Waals surface area contributed by atoms with Crippen molar-refractivity contribution < 1.29 is 38.4 Å². The van der Waals surface area contributed by atoms with E-state index in [0.29, 0.717) is 53.9 Å². The third-order valence-electron chi connectivity index (χ3n) is 11.7. The molecule has 1 spiro atoms. The summed E-state index contributed by atoms with van der Waals surface area (Å²) < 4.78 is 26.0. The molecule has 8 nitrogen and oxygen atoms in total. The van der Waals surface area contributed by atoms with Crippen LogP contribution < -0.4 is 9.47 Å². The number of Topliss-reactive ketones (excluding diaryl/α,β-unsaturated/α-hetero) is 2. The van der Waals surface area contributed by atoms with Gasteiger partial charge in [0.05, 0.1) is 5.60 Å². The van der Waals surface area contributed by atoms with E-state index in [2.05, 4.69) is 19.6 Å². The SMILES string of the molecule is C=C(C)[C@@H]1CC[C@@]2(C)CC1c1c(O)c3c(c(CC=C(C)C)c1O2)O[C@]12C(=CC4CC1C(C)(C)OC2(CC=C(C)OC=O)C4=O)C3=O. The maximum atomic E-state index is 15.0. The molecule has 4 aliphatic carbocycles. The lowest BCUT2D eigenvalue weighted by Gasteiger charge is -2.56. The summed E-state index contributed by atoms with van der Waals surface area (Å²) in [6.07, 6.45) is 8.89. The molecule has 1 N–H and O–H groups in total. The van der Waals surface area contributed by atoms with E-state index < -0.39 is 28.3 Å². The number of hydrogen-bond acceptors (Lipinski definition) is 8. The summed E-state index contributed by atoms with van der Waals surface area (Å²) in [5.74, 6) is -0.231. The molecule has 6 bridgehead atoms. The number of phenols is 1. The minimum atomic E-state index is -1.54. The van der Waals surface area contributed by atoms with Crippen LogP contribution in [0.25, 0.3) is 0 Å². The van der Waals surface area contributed by atoms with E-state index in [-0.39, 0.29) is 52.8 Å². The number of ether oxygens (including phenoxy) is 4. The zero-order valence-electron chi connectivity index (χ0n) is 27.9. The summed E-state index contributed by atoms with van der Waals surface area (Å²) in [6.45, 7) is 18.4. The van der Waals surface area contributed by atoms with Crippen LogP contribution in [0, 0.1) is 17.8 Å². The molecule has 3 fully saturated rings. The Balaban J connectivity index is 1.51. The molecular formula is C38H44O8. The number of allylic oxidation sites excluding steroid dienone is 5. The predicted molar refractivity (Wildman–Crippen MR) is 171 cm³/mol. The number of ketones is 2. The third kappa shape index (κ3) is 3.91. The molecule has 7 atom stereocenters. The molecular weight excluding hydrogens is 584 g/mol. The first-order valence-electron chi connectivity index (χ1n) is 16.5. The molecule has 0 amide bonds. The number of phenolic OH excluding ortho intramolecular Hbond substituents is 1. The monoisotopic (exact) mass is 628 g/mol. The molecule has 1 saturated heterocycles. The molecule has 1 aromatic rings. The van der Waals surface area contributed by atoms with Gasteiger partial charge in [0.1, 0.15) is 34.2 Å². The molecule has 2 saturated carbocycles. The predicted octanol–water partition coefficient (Wildman–Crippen LogP) is 6.99. The van der Waals surface area contributed by atoms with Crippen LogP contribution in [0.3, 0.4) is 0 Å². The van der Waals surface area contributed by atoms with Crippen molar-refractivity contribution in [3.63, 3.8) is 0 Å². The van der Waals surface area contributed by atoms with Crippen molar-refractivity contribution in [1.29, 1.82) is 0 Å². The smallest absolute Gasteiger partial charge is 0.298 e. The number of hydrogen-bond donors (Lipinski definition) is 1. The van der Waals surface area contributed by atoms with Crippen molar-refractivity contribution in [2.45, 2.75) is 115 Å². The summed E-state index contributed by atoms with van der Waals surface area (Å²) in [5, 5.41) is 12.2. The van der Waals surface area contributed by atoms with Gasteiger partial charge in [-0.2, -0.15) is 0 Å². The number of rotatable bonds is 7. The van der Waals surface area contributed by atoms with E-state index in [1.165, 1.54) is 0 Å². The average Bonchev–Trinajstić information content (AvgIpc) is 3.12. The highest BCUT2D eigenvalue weighted by Crippen LogP contribution is 2.69. The first-order chi connectivity index (χ1) is 21.6. The van der Waals surface area contributed by atoms with Crippen LogP contribution in [0.2, 0.25) is 0 Å². The summed E-state index contributed by atoms with van der Waals surface area (Å²) >= 11 is 0. The van der Waals surface area contributed by atoms with Crippen molar-refractivity contribution >= 4 is 18.0 Å². The summed E-state index contributed by atoms with van der Waals surface area (Å²) in [4.78, 5) is 40.4. The molecule has 4 unspecified atom stereocenters. The van der Waals surface area contributed by atoms with Crippen molar-refractivity contribution in [3.8, 4) is 17.2 Å². The zero-order chi connectivity index (χ0) is 33.1. The molecule has 8 rings (SSSR count). The van der Waals surface area contributed by atoms with Crippen LogP contribution in [-0.2, 0) is 25.5 Å². The highest BCUT2D eigenvalue weighted by Gasteiger charge is 2.81. The number of aromatic hydroxyl groups is 1. The van der Waals surface area contributed by atoms with E-state index in [9.17, 15) is 19.5 Å². The third-order valence-corrected chi connectivity index (χ3v) is 11.7. The van der Waals surface area contributed by atoms with Crippen molar-refractivity contribution in [2.24, 2.45) is 17.8 Å². The van der Waals surface area contributed by atoms with Gasteiger partial charge in [0, 0.05) is 40.9 Å². The van der Waals surface area contributed by atoms with Crippen LogP contribution in [0.5, 0.6) is 17.2 Å². The molecule has 8 heteroatoms. The molecule has 3 heterocycles. The average molecular weight is 629 g/mol. The zero-order valence-corrected chi connectivity index (χ0v) is 27.9. The number of carbonyl (C=O) groups is 3. The van der Waals surface area contributed by atoms with Crippen molar-refractivity contribution in [2.75, 3.05) is 0 Å². The van der Waals surface area contributed by atoms with Gasteiger partial charge in [-0.25, -0.2) is 0 Å². The minimum absolute atomic E-state index is 0.0546. The Morgan fingerprint density at radius 3 is 2.52 bits per heavy atom. The van der Waals surface area contributed by atoms with Crippen molar-refractivity contribution in [1.82, 2.24) is 0 Å². The largest absolute Gasteiger partial charge is 0.507 e. The van der Waals surface area contributed by atoms with E-state index in [0.717, 1.165) is 24.0 Å². The molecule has 1 aromatic carbocycles. The van der Waals surface area contributed by atoms with Crippen molar-refractivity contribution in [3.05, 3.63) is 64.0 Å². The fourth-order valence-electron chi connectivity index (χ4n) is 9.68. The highest BCUT2D eigenvalue weighted by atomic mass is 16.6. The van der Waals surface area contributed by atoms with Crippen LogP contribution in [0.1, 0.15) is 108 Å². The standard InChI is InChI=1S/C38H44O8/c1-19(2)9-10-24-32-28(25-17-36(8,44-32)13-12-23(25)20(3)4)31(41)29-30(40)26-15-22-16-27-35(6,7)46-37(34(22)42,14-11-21(5)43-18-39)38(26,27)45-33(24)29/h9,11,15,18,22-23,25,27,41H,3,10,12-14,16-17H2,1-2,4-8H3/t22?,23-,25?,27?,36-,37?,38+/m0/s1. The van der Waals surface area contributed by atoms with E-state index in [4.69, 9.17) is 18.9 Å². The Bertz CT molecular complexity index is 1700. The molecule has 46 heavy (non-hydrogen) atoms. The van der Waals surface area contributed by atoms with Gasteiger partial charge in [0.2, 0.25) is 0 Å². The Labute approximate surface area is 270 Å². The molecule has 0 radical (unpaired) electrons. The normalized spacial score (nSPS) is 36.0. The quantitative estimate of drug-likeness (QED) is 0.196. The second-order valence-electron chi connectivity index (χ2n) is 15.4. The lowest BCUT2D eigenvalue weighted by atomic mass is 9.51. The lowest BCUT2D eigenvalue weighted by Crippen LogP contribution is -2.72. The molecule has 244 valence electrons. The van der Waals surface area contributed by atoms with Gasteiger partial charge in [-0.1, -0.05) is 29.9 Å². The Morgan fingerprint density at radius 2 is 1.85 bits per heavy atom. The Kier molecular flexibility index (Phi) is 6.68. The Morgan fingerprint density at radius 1 is 1.11 bits per heavy atom. The molecule has 0 aromatic heterocycles. The van der Waals surface area contributed by atoms with E-state index >= 15 is 0 Å². The van der Waals surface area contributed by atoms with E-state index in [1.54, 1.807) is 19.1 Å². The lowest BCUT2D eigenvalue weighted by molar-refractivity contribution is -0.171. The molecule has 3 aliphatic heterocycles. The maximum absolute atomic E-state index is 15.0. The molecule has 7 aliphatic rings. The van der Waals surface area contributed by atoms with Gasteiger partial charge in [0.15, 0.2) is 22.8 Å². The Hall–Kier alpha value is -3.65. The fraction of sp³-hybridized carbons (Fsp3) is 0.553. The minimum Gasteiger partial charge on any atom is -0.507 e.